The third kappa shape index (κ3) is 4.48. The van der Waals surface area contributed by atoms with E-state index in [0.29, 0.717) is 6.42 Å². The molecule has 1 saturated carbocycles. The fourth-order valence-electron chi connectivity index (χ4n) is 4.30. The van der Waals surface area contributed by atoms with E-state index in [1.165, 1.54) is 0 Å². The first-order chi connectivity index (χ1) is 20.9. The first-order valence-electron chi connectivity index (χ1n) is 16.0. The zero-order valence-electron chi connectivity index (χ0n) is 29.1. The van der Waals surface area contributed by atoms with Crippen LogP contribution in [0.5, 0.6) is 11.5 Å². The molecule has 0 unspecified atom stereocenters. The lowest BCUT2D eigenvalue weighted by Gasteiger charge is -2.26. The predicted octanol–water partition coefficient (Wildman–Crippen LogP) is 4.99. The summed E-state index contributed by atoms with van der Waals surface area (Å²) < 4.78 is 128. The lowest BCUT2D eigenvalue weighted by molar-refractivity contribution is -0.286. The maximum absolute atomic E-state index is 16.1. The Morgan fingerprint density at radius 1 is 1.27 bits per heavy atom. The van der Waals surface area contributed by atoms with Gasteiger partial charge < -0.3 is 24.3 Å². The maximum Gasteiger partial charge on any atom is 0.586 e. The smallest absolute Gasteiger partial charge is 0.395 e. The summed E-state index contributed by atoms with van der Waals surface area (Å²) in [4.78, 5) is 14.0. The molecular formula is C28H30F3NO5. The number of aliphatic hydroxyl groups excluding tert-OH is 1. The van der Waals surface area contributed by atoms with Gasteiger partial charge in [0, 0.05) is 28.4 Å². The van der Waals surface area contributed by atoms with E-state index in [9.17, 15) is 23.8 Å². The topological polar surface area (TPSA) is 80.9 Å². The molecule has 198 valence electrons. The summed E-state index contributed by atoms with van der Waals surface area (Å²) in [6.07, 6.45) is -12.8. The summed E-state index contributed by atoms with van der Waals surface area (Å²) in [5, 5.41) is 19.8. The first-order valence-corrected chi connectivity index (χ1v) is 11.5. The van der Waals surface area contributed by atoms with Crippen LogP contribution in [0.3, 0.4) is 0 Å². The van der Waals surface area contributed by atoms with Gasteiger partial charge in [0.1, 0.15) is 11.6 Å². The minimum absolute atomic E-state index is 0.0849. The second-order valence-electron chi connectivity index (χ2n) is 9.66. The molecule has 1 fully saturated rings. The highest BCUT2D eigenvalue weighted by molar-refractivity contribution is 5.95. The van der Waals surface area contributed by atoms with Gasteiger partial charge in [-0.1, -0.05) is 26.8 Å². The Labute approximate surface area is 225 Å². The van der Waals surface area contributed by atoms with E-state index >= 15 is 4.39 Å². The van der Waals surface area contributed by atoms with Crippen LogP contribution in [0.1, 0.15) is 69.1 Å². The zero-order valence-corrected chi connectivity index (χ0v) is 20.1. The van der Waals surface area contributed by atoms with Crippen LogP contribution in [0.4, 0.5) is 13.2 Å². The summed E-state index contributed by atoms with van der Waals surface area (Å²) in [5.74, 6) is -3.74. The minimum atomic E-state index is -4.06. The molecule has 2 N–H and O–H groups in total. The van der Waals surface area contributed by atoms with Crippen LogP contribution >= 0.6 is 0 Å². The summed E-state index contributed by atoms with van der Waals surface area (Å²) in [5.41, 5.74) is -5.04. The molecule has 2 aliphatic rings. The molecule has 0 spiro atoms. The molecular weight excluding hydrogens is 487 g/mol. The SMILES string of the molecule is [2H]c1c(CC(=O)C2(c3ccc4c(c3)OC(F)(F)O4)C([2H])([2H])C2([2H])[2H])c(F)c([2H])c2c1c([2H])c(C(C)(C)CC)n2C[C@@H](O)C([2H])([2H])O. The lowest BCUT2D eigenvalue weighted by Crippen LogP contribution is -2.26. The van der Waals surface area contributed by atoms with E-state index in [-0.39, 0.29) is 22.6 Å². The van der Waals surface area contributed by atoms with E-state index < -0.39 is 102 Å². The van der Waals surface area contributed by atoms with Gasteiger partial charge >= 0.3 is 6.29 Å². The predicted molar refractivity (Wildman–Crippen MR) is 131 cm³/mol. The molecule has 0 saturated heterocycles. The molecule has 2 aromatic carbocycles. The third-order valence-electron chi connectivity index (χ3n) is 6.78. The highest BCUT2D eigenvalue weighted by atomic mass is 19.3. The number of alkyl halides is 2. The van der Waals surface area contributed by atoms with Gasteiger partial charge in [0.2, 0.25) is 0 Å². The summed E-state index contributed by atoms with van der Waals surface area (Å²) in [6, 6.07) is 0.714. The van der Waals surface area contributed by atoms with Crippen LogP contribution in [0.15, 0.2) is 36.3 Å². The van der Waals surface area contributed by atoms with Gasteiger partial charge in [0.15, 0.2) is 11.5 Å². The molecule has 0 amide bonds. The largest absolute Gasteiger partial charge is 0.586 e. The highest BCUT2D eigenvalue weighted by Crippen LogP contribution is 2.52. The second-order valence-corrected chi connectivity index (χ2v) is 9.66. The van der Waals surface area contributed by atoms with Crippen LogP contribution in [-0.4, -0.2) is 39.5 Å². The number of carbonyl (C=O) groups is 1. The quantitative estimate of drug-likeness (QED) is 0.411. The van der Waals surface area contributed by atoms with Crippen molar-refractivity contribution in [2.24, 2.45) is 0 Å². The average Bonchev–Trinajstić information content (AvgIpc) is 3.18. The fraction of sp³-hybridized carbons (Fsp3) is 0.464. The van der Waals surface area contributed by atoms with E-state index in [1.807, 2.05) is 0 Å². The van der Waals surface area contributed by atoms with Crippen molar-refractivity contribution in [3.63, 3.8) is 0 Å². The standard InChI is InChI=1S/C28H30F3NO5/c1-4-26(2,3)24-10-17-9-16(20(29)13-21(17)32(24)14-19(34)15-33)11-25(35)27(7-8-27)18-5-6-22-23(12-18)37-28(30,31)36-22/h5-6,9-10,12-13,19,33-34H,4,7-8,11,14-15H2,1-3H3/t19-/m1/s1/i7D2,8D2,9D,10D,13D,15D2. The van der Waals surface area contributed by atoms with Gasteiger partial charge in [-0.25, -0.2) is 4.39 Å². The summed E-state index contributed by atoms with van der Waals surface area (Å²) in [7, 11) is 0. The van der Waals surface area contributed by atoms with Crippen LogP contribution in [0.25, 0.3) is 10.9 Å². The number of halogens is 3. The van der Waals surface area contributed by atoms with Gasteiger partial charge in [-0.15, -0.1) is 8.78 Å². The number of ketones is 1. The number of carbonyl (C=O) groups excluding carboxylic acids is 1. The van der Waals surface area contributed by atoms with E-state index in [0.717, 1.165) is 22.8 Å². The number of hydrogen-bond acceptors (Lipinski definition) is 5. The molecule has 1 atom stereocenters. The minimum Gasteiger partial charge on any atom is -0.395 e. The Kier molecular flexibility index (Phi) is 3.97. The van der Waals surface area contributed by atoms with Crippen molar-refractivity contribution in [3.8, 4) is 11.5 Å². The molecule has 0 bridgehead atoms. The van der Waals surface area contributed by atoms with Gasteiger partial charge in [0.25, 0.3) is 0 Å². The van der Waals surface area contributed by atoms with Gasteiger partial charge in [-0.2, -0.15) is 0 Å². The average molecular weight is 527 g/mol. The van der Waals surface area contributed by atoms with E-state index in [4.69, 9.17) is 12.3 Å². The monoisotopic (exact) mass is 526 g/mol. The highest BCUT2D eigenvalue weighted by Gasteiger charge is 2.52. The first kappa shape index (κ1) is 16.7. The number of nitrogens with zero attached hydrogens (tertiary/aromatic N) is 1. The molecule has 1 aliphatic heterocycles. The van der Waals surface area contributed by atoms with Crippen molar-refractivity contribution < 1.29 is 50.0 Å². The van der Waals surface area contributed by atoms with Crippen molar-refractivity contribution in [3.05, 3.63) is 59.0 Å². The summed E-state index contributed by atoms with van der Waals surface area (Å²) >= 11 is 0. The van der Waals surface area contributed by atoms with Crippen LogP contribution in [-0.2, 0) is 28.6 Å². The van der Waals surface area contributed by atoms with Crippen molar-refractivity contribution in [1.82, 2.24) is 4.57 Å². The molecule has 5 rings (SSSR count). The Morgan fingerprint density at radius 2 is 1.97 bits per heavy atom. The lowest BCUT2D eigenvalue weighted by atomic mass is 9.86. The number of aromatic nitrogens is 1. The number of aliphatic hydroxyl groups is 2. The number of fused-ring (bicyclic) bond motifs is 2. The number of benzene rings is 2. The van der Waals surface area contributed by atoms with Crippen LogP contribution in [0, 0.1) is 5.82 Å². The molecule has 3 aromatic rings. The Morgan fingerprint density at radius 3 is 2.62 bits per heavy atom. The number of Topliss-reactive ketones (excluding diaryl/α,β-unsaturated/α-hetero) is 1. The Hall–Kier alpha value is -3.04. The van der Waals surface area contributed by atoms with Crippen LogP contribution in [0.2, 0.25) is 0 Å². The van der Waals surface area contributed by atoms with Gasteiger partial charge in [0.05, 0.1) is 37.0 Å². The molecule has 1 aliphatic carbocycles. The fourth-order valence-corrected chi connectivity index (χ4v) is 4.30. The molecule has 9 heteroatoms. The third-order valence-corrected chi connectivity index (χ3v) is 6.78. The number of ether oxygens (including phenoxy) is 2. The van der Waals surface area contributed by atoms with Crippen molar-refractivity contribution in [2.75, 3.05) is 6.56 Å². The molecule has 0 radical (unpaired) electrons. The van der Waals surface area contributed by atoms with Crippen molar-refractivity contribution >= 4 is 16.7 Å². The van der Waals surface area contributed by atoms with E-state index in [2.05, 4.69) is 9.47 Å². The molecule has 2 heterocycles. The van der Waals surface area contributed by atoms with E-state index in [1.54, 1.807) is 20.8 Å². The summed E-state index contributed by atoms with van der Waals surface area (Å²) in [6.45, 7) is 1.28. The van der Waals surface area contributed by atoms with Crippen molar-refractivity contribution in [2.45, 2.75) is 76.1 Å². The van der Waals surface area contributed by atoms with Crippen molar-refractivity contribution in [1.29, 1.82) is 0 Å². The number of rotatable bonds is 9. The van der Waals surface area contributed by atoms with Crippen LogP contribution < -0.4 is 9.47 Å². The second kappa shape index (κ2) is 8.77. The van der Waals surface area contributed by atoms with Gasteiger partial charge in [-0.3, -0.25) is 4.79 Å². The normalized spacial score (nSPS) is 24.9. The molecule has 37 heavy (non-hydrogen) atoms. The Bertz CT molecular complexity index is 1770. The Balaban J connectivity index is 1.68. The van der Waals surface area contributed by atoms with Gasteiger partial charge in [-0.05, 0) is 60.6 Å². The zero-order chi connectivity index (χ0) is 34.7. The molecule has 6 nitrogen and oxygen atoms in total. The maximum atomic E-state index is 16.1. The molecule has 1 aromatic heterocycles. The number of hydrogen-bond donors (Lipinski definition) is 2.